The smallest absolute Gasteiger partial charge is 0.224 e. The van der Waals surface area contributed by atoms with Crippen LogP contribution in [0.15, 0.2) is 30.3 Å². The second-order valence-corrected chi connectivity index (χ2v) is 4.79. The Labute approximate surface area is 115 Å². The van der Waals surface area contributed by atoms with Gasteiger partial charge in [0.2, 0.25) is 5.91 Å². The predicted molar refractivity (Wildman–Crippen MR) is 76.9 cm³/mol. The number of benzene rings is 1. The van der Waals surface area contributed by atoms with Crippen LogP contribution < -0.4 is 10.6 Å². The Kier molecular flexibility index (Phi) is 7.15. The molecular weight excluding hydrogens is 240 g/mol. The fraction of sp³-hybridized carbons (Fsp3) is 0.533. The highest BCUT2D eigenvalue weighted by Gasteiger charge is 2.17. The lowest BCUT2D eigenvalue weighted by Crippen LogP contribution is -2.43. The van der Waals surface area contributed by atoms with Gasteiger partial charge < -0.3 is 15.7 Å². The average molecular weight is 264 g/mol. The molecule has 0 heterocycles. The molecule has 3 N–H and O–H groups in total. The summed E-state index contributed by atoms with van der Waals surface area (Å²) in [5.41, 5.74) is 1.11. The van der Waals surface area contributed by atoms with E-state index >= 15 is 0 Å². The highest BCUT2D eigenvalue weighted by atomic mass is 16.3. The van der Waals surface area contributed by atoms with Crippen molar-refractivity contribution in [3.63, 3.8) is 0 Å². The number of aliphatic hydroxyl groups excluding tert-OH is 1. The van der Waals surface area contributed by atoms with E-state index in [-0.39, 0.29) is 24.5 Å². The molecule has 0 bridgehead atoms. The molecular formula is C15H24N2O2. The zero-order chi connectivity index (χ0) is 14.1. The largest absolute Gasteiger partial charge is 0.394 e. The first-order valence-corrected chi connectivity index (χ1v) is 6.83. The molecule has 0 aliphatic carbocycles. The van der Waals surface area contributed by atoms with Crippen molar-refractivity contribution in [1.29, 1.82) is 0 Å². The number of carbonyl (C=O) groups is 1. The molecule has 4 nitrogen and oxygen atoms in total. The first-order valence-electron chi connectivity index (χ1n) is 6.83. The molecule has 0 aliphatic heterocycles. The normalized spacial score (nSPS) is 13.8. The van der Waals surface area contributed by atoms with Crippen molar-refractivity contribution >= 4 is 5.91 Å². The molecule has 0 saturated heterocycles. The third-order valence-corrected chi connectivity index (χ3v) is 3.04. The molecule has 0 spiro atoms. The minimum atomic E-state index is -0.223. The Balaban J connectivity index is 2.45. The fourth-order valence-corrected chi connectivity index (χ4v) is 1.86. The van der Waals surface area contributed by atoms with E-state index in [0.717, 1.165) is 12.1 Å². The molecule has 19 heavy (non-hydrogen) atoms. The van der Waals surface area contributed by atoms with Crippen LogP contribution in [0.2, 0.25) is 0 Å². The van der Waals surface area contributed by atoms with E-state index in [4.69, 9.17) is 0 Å². The lowest BCUT2D eigenvalue weighted by Gasteiger charge is -2.19. The zero-order valence-corrected chi connectivity index (χ0v) is 11.7. The second kappa shape index (κ2) is 8.67. The highest BCUT2D eigenvalue weighted by Crippen LogP contribution is 2.04. The van der Waals surface area contributed by atoms with Crippen molar-refractivity contribution < 1.29 is 9.90 Å². The predicted octanol–water partition coefficient (Wildman–Crippen LogP) is 0.952. The van der Waals surface area contributed by atoms with E-state index in [2.05, 4.69) is 10.6 Å². The maximum Gasteiger partial charge on any atom is 0.224 e. The van der Waals surface area contributed by atoms with Crippen LogP contribution in [-0.4, -0.2) is 36.8 Å². The fourth-order valence-electron chi connectivity index (χ4n) is 1.86. The van der Waals surface area contributed by atoms with Crippen molar-refractivity contribution in [2.24, 2.45) is 5.92 Å². The van der Waals surface area contributed by atoms with Crippen molar-refractivity contribution in [3.8, 4) is 0 Å². The Morgan fingerprint density at radius 2 is 2.00 bits per heavy atom. The monoisotopic (exact) mass is 264 g/mol. The lowest BCUT2D eigenvalue weighted by atomic mass is 10.1. The summed E-state index contributed by atoms with van der Waals surface area (Å²) in [6.07, 6.45) is 0.650. The summed E-state index contributed by atoms with van der Waals surface area (Å²) in [7, 11) is 0. The lowest BCUT2D eigenvalue weighted by molar-refractivity contribution is -0.125. The van der Waals surface area contributed by atoms with Crippen LogP contribution in [0.25, 0.3) is 0 Å². The number of rotatable bonds is 8. The minimum Gasteiger partial charge on any atom is -0.394 e. The van der Waals surface area contributed by atoms with Crippen LogP contribution in [0.1, 0.15) is 19.4 Å². The first-order chi connectivity index (χ1) is 9.17. The van der Waals surface area contributed by atoms with Gasteiger partial charge in [0, 0.05) is 12.5 Å². The Bertz CT molecular complexity index is 368. The molecule has 0 radical (unpaired) electrons. The summed E-state index contributed by atoms with van der Waals surface area (Å²) in [6.45, 7) is 5.36. The number of amides is 1. The summed E-state index contributed by atoms with van der Waals surface area (Å²) in [6, 6.07) is 9.64. The van der Waals surface area contributed by atoms with E-state index in [1.165, 1.54) is 0 Å². The topological polar surface area (TPSA) is 61.4 Å². The number of hydrogen-bond acceptors (Lipinski definition) is 3. The molecule has 1 aromatic rings. The van der Waals surface area contributed by atoms with Gasteiger partial charge in [-0.1, -0.05) is 44.2 Å². The van der Waals surface area contributed by atoms with Gasteiger partial charge in [0.25, 0.3) is 0 Å². The average Bonchev–Trinajstić information content (AvgIpc) is 2.44. The third kappa shape index (κ3) is 5.85. The quantitative estimate of drug-likeness (QED) is 0.655. The van der Waals surface area contributed by atoms with Gasteiger partial charge in [-0.3, -0.25) is 4.79 Å². The van der Waals surface area contributed by atoms with Crippen LogP contribution in [0.5, 0.6) is 0 Å². The van der Waals surface area contributed by atoms with Gasteiger partial charge in [-0.25, -0.2) is 0 Å². The van der Waals surface area contributed by atoms with Crippen molar-refractivity contribution in [2.45, 2.75) is 26.3 Å². The van der Waals surface area contributed by atoms with Gasteiger partial charge >= 0.3 is 0 Å². The molecule has 4 heteroatoms. The van der Waals surface area contributed by atoms with Crippen molar-refractivity contribution in [2.75, 3.05) is 19.7 Å². The highest BCUT2D eigenvalue weighted by molar-refractivity contribution is 5.78. The van der Waals surface area contributed by atoms with Crippen LogP contribution in [0, 0.1) is 5.92 Å². The summed E-state index contributed by atoms with van der Waals surface area (Å²) < 4.78 is 0. The molecule has 1 amide bonds. The molecule has 1 aromatic carbocycles. The number of hydrogen-bond donors (Lipinski definition) is 3. The molecule has 0 fully saturated rings. The summed E-state index contributed by atoms with van der Waals surface area (Å²) in [5, 5.41) is 15.4. The van der Waals surface area contributed by atoms with Crippen LogP contribution in [0.4, 0.5) is 0 Å². The van der Waals surface area contributed by atoms with E-state index in [9.17, 15) is 9.90 Å². The molecule has 0 saturated carbocycles. The maximum absolute atomic E-state index is 11.9. The van der Waals surface area contributed by atoms with Gasteiger partial charge in [-0.2, -0.15) is 0 Å². The summed E-state index contributed by atoms with van der Waals surface area (Å²) >= 11 is 0. The third-order valence-electron chi connectivity index (χ3n) is 3.04. The second-order valence-electron chi connectivity index (χ2n) is 4.79. The first kappa shape index (κ1) is 15.7. The summed E-state index contributed by atoms with van der Waals surface area (Å²) in [4.78, 5) is 11.9. The van der Waals surface area contributed by atoms with Crippen LogP contribution in [-0.2, 0) is 11.2 Å². The molecule has 0 aromatic heterocycles. The molecule has 106 valence electrons. The molecule has 1 rings (SSSR count). The minimum absolute atomic E-state index is 0.0177. The van der Waals surface area contributed by atoms with Gasteiger partial charge in [0.05, 0.1) is 12.6 Å². The SMILES string of the molecule is CCNCC(C)C(=O)N[C@H](CO)Cc1ccccc1. The van der Waals surface area contributed by atoms with Crippen molar-refractivity contribution in [3.05, 3.63) is 35.9 Å². The van der Waals surface area contributed by atoms with Gasteiger partial charge in [0.1, 0.15) is 0 Å². The zero-order valence-electron chi connectivity index (χ0n) is 11.7. The van der Waals surface area contributed by atoms with Crippen LogP contribution in [0.3, 0.4) is 0 Å². The van der Waals surface area contributed by atoms with Crippen molar-refractivity contribution in [1.82, 2.24) is 10.6 Å². The van der Waals surface area contributed by atoms with Gasteiger partial charge in [0.15, 0.2) is 0 Å². The Hall–Kier alpha value is -1.39. The standard InChI is InChI=1S/C15H24N2O2/c1-3-16-10-12(2)15(19)17-14(11-18)9-13-7-5-4-6-8-13/h4-8,12,14,16,18H,3,9-11H2,1-2H3,(H,17,19)/t12?,14-/m0/s1. The number of nitrogens with one attached hydrogen (secondary N) is 2. The number of aliphatic hydroxyl groups is 1. The van der Waals surface area contributed by atoms with Gasteiger partial charge in [-0.05, 0) is 18.5 Å². The van der Waals surface area contributed by atoms with E-state index in [0.29, 0.717) is 13.0 Å². The maximum atomic E-state index is 11.9. The van der Waals surface area contributed by atoms with Crippen LogP contribution >= 0.6 is 0 Å². The van der Waals surface area contributed by atoms with E-state index < -0.39 is 0 Å². The number of carbonyl (C=O) groups excluding carboxylic acids is 1. The van der Waals surface area contributed by atoms with E-state index in [1.54, 1.807) is 0 Å². The molecule has 2 atom stereocenters. The van der Waals surface area contributed by atoms with E-state index in [1.807, 2.05) is 44.2 Å². The molecule has 0 aliphatic rings. The molecule has 1 unspecified atom stereocenters. The van der Waals surface area contributed by atoms with Gasteiger partial charge in [-0.15, -0.1) is 0 Å². The summed E-state index contributed by atoms with van der Waals surface area (Å²) in [5.74, 6) is -0.110. The Morgan fingerprint density at radius 1 is 1.32 bits per heavy atom. The Morgan fingerprint density at radius 3 is 2.58 bits per heavy atom.